The molecule has 1 aromatic carbocycles. The van der Waals surface area contributed by atoms with E-state index in [9.17, 15) is 18.7 Å². The smallest absolute Gasteiger partial charge is 0.308 e. The van der Waals surface area contributed by atoms with Gasteiger partial charge in [-0.1, -0.05) is 11.3 Å². The van der Waals surface area contributed by atoms with Gasteiger partial charge in [0.25, 0.3) is 0 Å². The molecule has 6 nitrogen and oxygen atoms in total. The fourth-order valence-corrected chi connectivity index (χ4v) is 6.66. The standard InChI is InChI=1S/C25H29F2N3O3S2/c1-33-16-3-5-21-17(12-16)24(19(26)13-29-21)20(28)4-2-15-8-9-30(14-18(15)25(31)32)10-11-34-23-7-6-22(27)35-23/h3,5-7,12-13,15,18,20H,2,4,8-11,14,28H2,1H3,(H,31,32)/t15-,18+,20-/m0/s1. The number of halogens is 2. The minimum absolute atomic E-state index is 0.0282. The lowest BCUT2D eigenvalue weighted by Gasteiger charge is -2.37. The SMILES string of the molecule is COc1ccc2ncc(F)c([C@@H](N)CC[C@H]3CCN(CCSc4ccc(F)s4)C[C@H]3C(=O)O)c2c1. The Hall–Kier alpha value is -2.27. The molecule has 0 aliphatic carbocycles. The number of pyridine rings is 1. The van der Waals surface area contributed by atoms with Gasteiger partial charge < -0.3 is 20.5 Å². The number of piperidine rings is 1. The Balaban J connectivity index is 1.37. The summed E-state index contributed by atoms with van der Waals surface area (Å²) < 4.78 is 34.1. The van der Waals surface area contributed by atoms with Gasteiger partial charge in [-0.3, -0.25) is 9.78 Å². The Kier molecular flexibility index (Phi) is 8.59. The van der Waals surface area contributed by atoms with Gasteiger partial charge in [-0.15, -0.1) is 11.8 Å². The molecule has 0 bridgehead atoms. The zero-order valence-corrected chi connectivity index (χ0v) is 21.1. The van der Waals surface area contributed by atoms with Crippen LogP contribution in [-0.4, -0.2) is 53.5 Å². The molecule has 188 valence electrons. The number of thioether (sulfide) groups is 1. The summed E-state index contributed by atoms with van der Waals surface area (Å²) in [6.45, 7) is 2.02. The molecule has 3 heterocycles. The molecule has 1 saturated heterocycles. The highest BCUT2D eigenvalue weighted by molar-refractivity contribution is 8.01. The molecule has 0 unspecified atom stereocenters. The summed E-state index contributed by atoms with van der Waals surface area (Å²) in [5.41, 5.74) is 7.47. The van der Waals surface area contributed by atoms with E-state index in [1.54, 1.807) is 43.1 Å². The molecule has 0 amide bonds. The summed E-state index contributed by atoms with van der Waals surface area (Å²) in [5, 5.41) is 10.3. The molecule has 0 spiro atoms. The Morgan fingerprint density at radius 3 is 2.91 bits per heavy atom. The summed E-state index contributed by atoms with van der Waals surface area (Å²) in [7, 11) is 1.55. The highest BCUT2D eigenvalue weighted by atomic mass is 32.2. The van der Waals surface area contributed by atoms with E-state index in [-0.39, 0.29) is 11.0 Å². The van der Waals surface area contributed by atoms with Crippen molar-refractivity contribution in [2.45, 2.75) is 29.5 Å². The van der Waals surface area contributed by atoms with E-state index in [0.29, 0.717) is 41.6 Å². The second-order valence-corrected chi connectivity index (χ2v) is 11.2. The monoisotopic (exact) mass is 521 g/mol. The summed E-state index contributed by atoms with van der Waals surface area (Å²) in [6, 6.07) is 7.92. The number of benzene rings is 1. The van der Waals surface area contributed by atoms with Crippen molar-refractivity contribution in [1.29, 1.82) is 0 Å². The number of fused-ring (bicyclic) bond motifs is 1. The van der Waals surface area contributed by atoms with Crippen molar-refractivity contribution in [3.8, 4) is 5.75 Å². The number of thiophene rings is 1. The number of likely N-dealkylation sites (tertiary alicyclic amines) is 1. The highest BCUT2D eigenvalue weighted by Crippen LogP contribution is 2.34. The van der Waals surface area contributed by atoms with Gasteiger partial charge in [0.1, 0.15) is 11.6 Å². The Labute approximate surface area is 211 Å². The number of hydrogen-bond acceptors (Lipinski definition) is 7. The first-order chi connectivity index (χ1) is 16.9. The molecule has 3 atom stereocenters. The van der Waals surface area contributed by atoms with Gasteiger partial charge in [0.15, 0.2) is 5.13 Å². The summed E-state index contributed by atoms with van der Waals surface area (Å²) in [4.78, 5) is 18.3. The average Bonchev–Trinajstić information content (AvgIpc) is 3.27. The average molecular weight is 522 g/mol. The molecule has 1 fully saturated rings. The van der Waals surface area contributed by atoms with Crippen molar-refractivity contribution in [3.63, 3.8) is 0 Å². The molecule has 35 heavy (non-hydrogen) atoms. The van der Waals surface area contributed by atoms with E-state index in [0.717, 1.165) is 40.8 Å². The largest absolute Gasteiger partial charge is 0.497 e. The zero-order chi connectivity index (χ0) is 24.9. The highest BCUT2D eigenvalue weighted by Gasteiger charge is 2.34. The fraction of sp³-hybridized carbons (Fsp3) is 0.440. The van der Waals surface area contributed by atoms with Crippen LogP contribution in [0.25, 0.3) is 10.9 Å². The summed E-state index contributed by atoms with van der Waals surface area (Å²) in [5.74, 6) is -0.435. The number of nitrogens with zero attached hydrogens (tertiary/aromatic N) is 2. The van der Waals surface area contributed by atoms with Crippen LogP contribution in [-0.2, 0) is 4.79 Å². The van der Waals surface area contributed by atoms with Crippen molar-refractivity contribution in [2.75, 3.05) is 32.5 Å². The predicted octanol–water partition coefficient (Wildman–Crippen LogP) is 5.18. The number of ether oxygens (including phenoxy) is 1. The Bertz CT molecular complexity index is 1180. The number of nitrogens with two attached hydrogens (primary N) is 1. The first-order valence-corrected chi connectivity index (χ1v) is 13.4. The van der Waals surface area contributed by atoms with Crippen LogP contribution in [0.3, 0.4) is 0 Å². The van der Waals surface area contributed by atoms with E-state index in [1.807, 2.05) is 0 Å². The van der Waals surface area contributed by atoms with Crippen LogP contribution in [0, 0.1) is 22.8 Å². The van der Waals surface area contributed by atoms with Gasteiger partial charge in [-0.05, 0) is 62.1 Å². The number of aromatic nitrogens is 1. The quantitative estimate of drug-likeness (QED) is 0.356. The number of methoxy groups -OCH3 is 1. The predicted molar refractivity (Wildman–Crippen MR) is 135 cm³/mol. The molecular weight excluding hydrogens is 492 g/mol. The van der Waals surface area contributed by atoms with Crippen LogP contribution in [0.1, 0.15) is 30.9 Å². The topological polar surface area (TPSA) is 88.7 Å². The third-order valence-electron chi connectivity index (χ3n) is 6.65. The van der Waals surface area contributed by atoms with Crippen LogP contribution >= 0.6 is 23.1 Å². The van der Waals surface area contributed by atoms with Gasteiger partial charge in [-0.2, -0.15) is 4.39 Å². The molecular formula is C25H29F2N3O3S2. The molecule has 0 saturated carbocycles. The van der Waals surface area contributed by atoms with Crippen molar-refractivity contribution < 1.29 is 23.4 Å². The third-order valence-corrected chi connectivity index (χ3v) is 8.72. The minimum Gasteiger partial charge on any atom is -0.497 e. The normalized spacial score (nSPS) is 19.7. The first-order valence-electron chi connectivity index (χ1n) is 11.6. The molecule has 0 radical (unpaired) electrons. The molecule has 2 aromatic heterocycles. The lowest BCUT2D eigenvalue weighted by molar-refractivity contribution is -0.146. The van der Waals surface area contributed by atoms with Gasteiger partial charge in [0.05, 0.1) is 29.0 Å². The van der Waals surface area contributed by atoms with Crippen LogP contribution in [0.15, 0.2) is 40.7 Å². The maximum Gasteiger partial charge on any atom is 0.308 e. The van der Waals surface area contributed by atoms with Gasteiger partial charge >= 0.3 is 5.97 Å². The third kappa shape index (κ3) is 6.30. The fourth-order valence-electron chi connectivity index (χ4n) is 4.76. The number of hydrogen-bond donors (Lipinski definition) is 2. The number of carboxylic acid groups (broad SMARTS) is 1. The summed E-state index contributed by atoms with van der Waals surface area (Å²) >= 11 is 2.71. The van der Waals surface area contributed by atoms with Crippen LogP contribution < -0.4 is 10.5 Å². The molecule has 3 N–H and O–H groups in total. The number of carbonyl (C=O) groups is 1. The second kappa shape index (κ2) is 11.6. The van der Waals surface area contributed by atoms with Crippen LogP contribution in [0.4, 0.5) is 8.78 Å². The van der Waals surface area contributed by atoms with Gasteiger partial charge in [-0.25, -0.2) is 4.39 Å². The van der Waals surface area contributed by atoms with Gasteiger partial charge in [0, 0.05) is 35.8 Å². The Morgan fingerprint density at radius 2 is 2.20 bits per heavy atom. The van der Waals surface area contributed by atoms with Crippen molar-refractivity contribution in [3.05, 3.63) is 53.0 Å². The van der Waals surface area contributed by atoms with Crippen molar-refractivity contribution in [2.24, 2.45) is 17.6 Å². The van der Waals surface area contributed by atoms with Crippen molar-refractivity contribution >= 4 is 40.0 Å². The van der Waals surface area contributed by atoms with Gasteiger partial charge in [0.2, 0.25) is 0 Å². The number of rotatable bonds is 10. The zero-order valence-electron chi connectivity index (χ0n) is 19.5. The minimum atomic E-state index is -0.813. The molecule has 1 aliphatic heterocycles. The van der Waals surface area contributed by atoms with Crippen molar-refractivity contribution in [1.82, 2.24) is 9.88 Å². The number of aliphatic carboxylic acids is 1. The lowest BCUT2D eigenvalue weighted by Crippen LogP contribution is -2.44. The molecule has 3 aromatic rings. The second-order valence-electron chi connectivity index (χ2n) is 8.79. The van der Waals surface area contributed by atoms with E-state index >= 15 is 0 Å². The first kappa shape index (κ1) is 25.8. The van der Waals surface area contributed by atoms with Crippen LogP contribution in [0.5, 0.6) is 5.75 Å². The lowest BCUT2D eigenvalue weighted by atomic mass is 9.81. The molecule has 1 aliphatic rings. The van der Waals surface area contributed by atoms with E-state index in [4.69, 9.17) is 10.5 Å². The maximum atomic E-state index is 14.8. The van der Waals surface area contributed by atoms with E-state index in [1.165, 1.54) is 12.3 Å². The summed E-state index contributed by atoms with van der Waals surface area (Å²) in [6.07, 6.45) is 3.00. The molecule has 4 rings (SSSR count). The molecule has 10 heteroatoms. The maximum absolute atomic E-state index is 14.8. The van der Waals surface area contributed by atoms with Crippen LogP contribution in [0.2, 0.25) is 0 Å². The number of carboxylic acids is 1. The van der Waals surface area contributed by atoms with E-state index < -0.39 is 23.7 Å². The Morgan fingerprint density at radius 1 is 1.37 bits per heavy atom. The van der Waals surface area contributed by atoms with E-state index in [2.05, 4.69) is 9.88 Å².